The van der Waals surface area contributed by atoms with Gasteiger partial charge in [-0.25, -0.2) is 8.42 Å². The highest BCUT2D eigenvalue weighted by molar-refractivity contribution is 7.89. The van der Waals surface area contributed by atoms with Gasteiger partial charge >= 0.3 is 0 Å². The minimum atomic E-state index is -3.50. The Morgan fingerprint density at radius 3 is 2.25 bits per heavy atom. The molecule has 28 heavy (non-hydrogen) atoms. The number of carbonyl (C=O) groups is 1. The van der Waals surface area contributed by atoms with Crippen LogP contribution in [0, 0.1) is 6.92 Å². The van der Waals surface area contributed by atoms with Crippen molar-refractivity contribution in [1.82, 2.24) is 9.21 Å². The number of likely N-dealkylation sites (tertiary alicyclic amines) is 1. The number of fused-ring (bicyclic) bond motifs is 2. The SMILES string of the molecule is Cc1ccccc1NC(=O)CN1CC2CCC(C1)N2S(=O)(=O)c1ccccc1. The molecule has 6 nitrogen and oxygen atoms in total. The zero-order valence-electron chi connectivity index (χ0n) is 15.9. The van der Waals surface area contributed by atoms with Gasteiger partial charge in [0.05, 0.1) is 11.4 Å². The zero-order chi connectivity index (χ0) is 19.7. The van der Waals surface area contributed by atoms with Gasteiger partial charge in [-0.1, -0.05) is 36.4 Å². The Kier molecular flexibility index (Phi) is 5.23. The van der Waals surface area contributed by atoms with Gasteiger partial charge in [0, 0.05) is 30.9 Å². The van der Waals surface area contributed by atoms with Crippen LogP contribution in [0.1, 0.15) is 18.4 Å². The molecule has 0 radical (unpaired) electrons. The second kappa shape index (κ2) is 7.66. The van der Waals surface area contributed by atoms with E-state index in [0.29, 0.717) is 18.0 Å². The summed E-state index contributed by atoms with van der Waals surface area (Å²) >= 11 is 0. The molecule has 4 rings (SSSR count). The normalized spacial score (nSPS) is 22.9. The van der Waals surface area contributed by atoms with Crippen LogP contribution in [0.2, 0.25) is 0 Å². The number of nitrogens with zero attached hydrogens (tertiary/aromatic N) is 2. The quantitative estimate of drug-likeness (QED) is 0.839. The Bertz CT molecular complexity index is 948. The summed E-state index contributed by atoms with van der Waals surface area (Å²) in [6.07, 6.45) is 1.68. The van der Waals surface area contributed by atoms with Crippen molar-refractivity contribution in [1.29, 1.82) is 0 Å². The van der Waals surface area contributed by atoms with Crippen molar-refractivity contribution in [2.45, 2.75) is 36.7 Å². The summed E-state index contributed by atoms with van der Waals surface area (Å²) in [6.45, 7) is 3.41. The van der Waals surface area contributed by atoms with Gasteiger partial charge in [0.2, 0.25) is 15.9 Å². The summed E-state index contributed by atoms with van der Waals surface area (Å²) in [5, 5.41) is 2.96. The number of piperazine rings is 1. The average Bonchev–Trinajstić information content (AvgIpc) is 2.96. The van der Waals surface area contributed by atoms with Crippen LogP contribution in [-0.2, 0) is 14.8 Å². The fourth-order valence-corrected chi connectivity index (χ4v) is 6.17. The number of nitrogens with one attached hydrogen (secondary N) is 1. The van der Waals surface area contributed by atoms with Crippen LogP contribution in [0.3, 0.4) is 0 Å². The number of para-hydroxylation sites is 1. The fourth-order valence-electron chi connectivity index (χ4n) is 4.29. The highest BCUT2D eigenvalue weighted by Gasteiger charge is 2.46. The number of hydrogen-bond acceptors (Lipinski definition) is 4. The summed E-state index contributed by atoms with van der Waals surface area (Å²) < 4.78 is 27.8. The topological polar surface area (TPSA) is 69.7 Å². The molecule has 2 unspecified atom stereocenters. The molecular formula is C21H25N3O3S. The van der Waals surface area contributed by atoms with Crippen LogP contribution in [0.25, 0.3) is 0 Å². The maximum atomic E-state index is 13.1. The van der Waals surface area contributed by atoms with Crippen molar-refractivity contribution in [3.05, 3.63) is 60.2 Å². The Morgan fingerprint density at radius 2 is 1.61 bits per heavy atom. The van der Waals surface area contributed by atoms with Crippen LogP contribution < -0.4 is 5.32 Å². The molecule has 0 aromatic heterocycles. The molecule has 2 heterocycles. The number of benzene rings is 2. The van der Waals surface area contributed by atoms with Crippen LogP contribution in [0.5, 0.6) is 0 Å². The van der Waals surface area contributed by atoms with E-state index in [2.05, 4.69) is 10.2 Å². The molecule has 7 heteroatoms. The third-order valence-corrected chi connectivity index (χ3v) is 7.62. The average molecular weight is 400 g/mol. The van der Waals surface area contributed by atoms with Gasteiger partial charge in [-0.05, 0) is 43.5 Å². The highest BCUT2D eigenvalue weighted by Crippen LogP contribution is 2.35. The molecule has 2 aromatic carbocycles. The lowest BCUT2D eigenvalue weighted by atomic mass is 10.2. The first-order chi connectivity index (χ1) is 13.4. The number of anilines is 1. The Balaban J connectivity index is 1.43. The van der Waals surface area contributed by atoms with Gasteiger partial charge in [0.15, 0.2) is 0 Å². The Labute approximate surface area is 166 Å². The summed E-state index contributed by atoms with van der Waals surface area (Å²) in [7, 11) is -3.50. The zero-order valence-corrected chi connectivity index (χ0v) is 16.7. The second-order valence-corrected chi connectivity index (χ2v) is 9.43. The van der Waals surface area contributed by atoms with E-state index in [1.165, 1.54) is 0 Å². The van der Waals surface area contributed by atoms with Crippen molar-refractivity contribution in [2.75, 3.05) is 25.0 Å². The summed E-state index contributed by atoms with van der Waals surface area (Å²) in [5.74, 6) is -0.0620. The van der Waals surface area contributed by atoms with Crippen molar-refractivity contribution in [3.8, 4) is 0 Å². The molecule has 2 aliphatic heterocycles. The molecule has 1 amide bonds. The molecular weight excluding hydrogens is 374 g/mol. The Hall–Kier alpha value is -2.22. The van der Waals surface area contributed by atoms with Crippen LogP contribution in [0.15, 0.2) is 59.5 Å². The van der Waals surface area contributed by atoms with E-state index in [0.717, 1.165) is 24.1 Å². The fraction of sp³-hybridized carbons (Fsp3) is 0.381. The molecule has 2 aliphatic rings. The number of sulfonamides is 1. The van der Waals surface area contributed by atoms with Crippen molar-refractivity contribution < 1.29 is 13.2 Å². The Morgan fingerprint density at radius 1 is 1.00 bits per heavy atom. The predicted octanol–water partition coefficient (Wildman–Crippen LogP) is 2.47. The summed E-state index contributed by atoms with van der Waals surface area (Å²) in [5.41, 5.74) is 1.84. The summed E-state index contributed by atoms with van der Waals surface area (Å²) in [4.78, 5) is 14.9. The van der Waals surface area contributed by atoms with Gasteiger partial charge in [-0.3, -0.25) is 9.69 Å². The van der Waals surface area contributed by atoms with E-state index in [-0.39, 0.29) is 24.5 Å². The second-order valence-electron chi connectivity index (χ2n) is 7.59. The molecule has 1 N–H and O–H groups in total. The molecule has 2 fully saturated rings. The largest absolute Gasteiger partial charge is 0.325 e. The number of aryl methyl sites for hydroxylation is 1. The lowest BCUT2D eigenvalue weighted by Gasteiger charge is -2.39. The molecule has 148 valence electrons. The molecule has 2 bridgehead atoms. The van der Waals surface area contributed by atoms with Gasteiger partial charge in [0.1, 0.15) is 0 Å². The lowest BCUT2D eigenvalue weighted by Crippen LogP contribution is -2.56. The van der Waals surface area contributed by atoms with Gasteiger partial charge in [-0.2, -0.15) is 4.31 Å². The van der Waals surface area contributed by atoms with Gasteiger partial charge in [0.25, 0.3) is 0 Å². The highest BCUT2D eigenvalue weighted by atomic mass is 32.2. The van der Waals surface area contributed by atoms with E-state index in [4.69, 9.17) is 0 Å². The van der Waals surface area contributed by atoms with Crippen molar-refractivity contribution >= 4 is 21.6 Å². The standard InChI is InChI=1S/C21H25N3O3S/c1-16-7-5-6-10-20(16)22-21(25)15-23-13-17-11-12-18(14-23)24(17)28(26,27)19-8-3-2-4-9-19/h2-10,17-18H,11-15H2,1H3,(H,22,25). The smallest absolute Gasteiger partial charge is 0.243 e. The van der Waals surface area contributed by atoms with Gasteiger partial charge in [-0.15, -0.1) is 0 Å². The van der Waals surface area contributed by atoms with Crippen molar-refractivity contribution in [3.63, 3.8) is 0 Å². The van der Waals surface area contributed by atoms with Crippen LogP contribution >= 0.6 is 0 Å². The number of amides is 1. The third-order valence-electron chi connectivity index (χ3n) is 5.60. The van der Waals surface area contributed by atoms with E-state index in [9.17, 15) is 13.2 Å². The molecule has 0 spiro atoms. The monoisotopic (exact) mass is 399 g/mol. The third kappa shape index (κ3) is 3.70. The molecule has 2 atom stereocenters. The lowest BCUT2D eigenvalue weighted by molar-refractivity contribution is -0.117. The van der Waals surface area contributed by atoms with E-state index in [1.807, 2.05) is 37.3 Å². The van der Waals surface area contributed by atoms with Crippen LogP contribution in [0.4, 0.5) is 5.69 Å². The molecule has 0 aliphatic carbocycles. The summed E-state index contributed by atoms with van der Waals surface area (Å²) in [6, 6.07) is 16.2. The maximum absolute atomic E-state index is 13.1. The maximum Gasteiger partial charge on any atom is 0.243 e. The predicted molar refractivity (Wildman–Crippen MR) is 109 cm³/mol. The van der Waals surface area contributed by atoms with Crippen molar-refractivity contribution in [2.24, 2.45) is 0 Å². The first-order valence-electron chi connectivity index (χ1n) is 9.61. The first kappa shape index (κ1) is 19.1. The molecule has 2 saturated heterocycles. The molecule has 2 aromatic rings. The van der Waals surface area contributed by atoms with E-state index < -0.39 is 10.0 Å². The van der Waals surface area contributed by atoms with Gasteiger partial charge < -0.3 is 5.32 Å². The molecule has 0 saturated carbocycles. The van der Waals surface area contributed by atoms with Crippen LogP contribution in [-0.4, -0.2) is 55.2 Å². The number of rotatable bonds is 5. The number of carbonyl (C=O) groups excluding carboxylic acids is 1. The minimum absolute atomic E-state index is 0.0620. The van der Waals surface area contributed by atoms with E-state index in [1.54, 1.807) is 28.6 Å². The number of hydrogen-bond donors (Lipinski definition) is 1. The van der Waals surface area contributed by atoms with E-state index >= 15 is 0 Å². The first-order valence-corrected chi connectivity index (χ1v) is 11.1. The minimum Gasteiger partial charge on any atom is -0.325 e.